The minimum atomic E-state index is 0.745. The van der Waals surface area contributed by atoms with Crippen molar-refractivity contribution in [2.75, 3.05) is 0 Å². The standard InChI is InChI=1S/C8H6BrN/c1-3-7-5-4-6(2)10-8(7)9/h1,4-5H,2H3. The van der Waals surface area contributed by atoms with Crippen molar-refractivity contribution in [1.29, 1.82) is 0 Å². The molecule has 0 fully saturated rings. The molecule has 0 unspecified atom stereocenters. The highest BCUT2D eigenvalue weighted by atomic mass is 79.9. The van der Waals surface area contributed by atoms with Crippen LogP contribution in [0.3, 0.4) is 0 Å². The molecule has 50 valence electrons. The first-order valence-electron chi connectivity index (χ1n) is 2.84. The van der Waals surface area contributed by atoms with Gasteiger partial charge in [-0.15, -0.1) is 6.42 Å². The molecule has 0 atom stereocenters. The number of aromatic nitrogens is 1. The van der Waals surface area contributed by atoms with Gasteiger partial charge >= 0.3 is 0 Å². The van der Waals surface area contributed by atoms with Crippen molar-refractivity contribution >= 4 is 15.9 Å². The van der Waals surface area contributed by atoms with Crippen LogP contribution in [-0.4, -0.2) is 4.98 Å². The van der Waals surface area contributed by atoms with Gasteiger partial charge in [-0.25, -0.2) is 4.98 Å². The van der Waals surface area contributed by atoms with Crippen LogP contribution in [-0.2, 0) is 0 Å². The van der Waals surface area contributed by atoms with E-state index in [1.807, 2.05) is 19.1 Å². The molecule has 0 aliphatic carbocycles. The van der Waals surface area contributed by atoms with Crippen molar-refractivity contribution in [1.82, 2.24) is 4.98 Å². The Morgan fingerprint density at radius 2 is 2.30 bits per heavy atom. The van der Waals surface area contributed by atoms with Gasteiger partial charge in [-0.05, 0) is 35.0 Å². The Bertz CT molecular complexity index is 286. The van der Waals surface area contributed by atoms with Crippen LogP contribution < -0.4 is 0 Å². The molecule has 0 bridgehead atoms. The molecule has 0 radical (unpaired) electrons. The van der Waals surface area contributed by atoms with Crippen molar-refractivity contribution in [2.24, 2.45) is 0 Å². The zero-order valence-electron chi connectivity index (χ0n) is 5.56. The van der Waals surface area contributed by atoms with E-state index in [9.17, 15) is 0 Å². The quantitative estimate of drug-likeness (QED) is 0.457. The number of rotatable bonds is 0. The first-order chi connectivity index (χ1) is 4.74. The van der Waals surface area contributed by atoms with Gasteiger partial charge in [-0.1, -0.05) is 5.92 Å². The van der Waals surface area contributed by atoms with Crippen LogP contribution in [0.5, 0.6) is 0 Å². The molecule has 0 aliphatic rings. The van der Waals surface area contributed by atoms with Gasteiger partial charge in [0.1, 0.15) is 4.60 Å². The van der Waals surface area contributed by atoms with E-state index in [-0.39, 0.29) is 0 Å². The highest BCUT2D eigenvalue weighted by Gasteiger charge is 1.95. The molecule has 2 heteroatoms. The number of hydrogen-bond acceptors (Lipinski definition) is 1. The maximum atomic E-state index is 5.18. The van der Waals surface area contributed by atoms with Crippen molar-refractivity contribution in [3.8, 4) is 12.3 Å². The third-order valence-corrected chi connectivity index (χ3v) is 1.75. The summed E-state index contributed by atoms with van der Waals surface area (Å²) in [7, 11) is 0. The first kappa shape index (κ1) is 7.30. The van der Waals surface area contributed by atoms with E-state index >= 15 is 0 Å². The van der Waals surface area contributed by atoms with Gasteiger partial charge in [0.2, 0.25) is 0 Å². The Morgan fingerprint density at radius 3 is 2.80 bits per heavy atom. The second kappa shape index (κ2) is 2.85. The summed E-state index contributed by atoms with van der Waals surface area (Å²) in [6.45, 7) is 1.92. The fourth-order valence-corrected chi connectivity index (χ4v) is 1.16. The Labute approximate surface area is 68.6 Å². The highest BCUT2D eigenvalue weighted by Crippen LogP contribution is 2.12. The zero-order chi connectivity index (χ0) is 7.56. The molecular weight excluding hydrogens is 190 g/mol. The van der Waals surface area contributed by atoms with E-state index in [1.165, 1.54) is 0 Å². The number of halogens is 1. The van der Waals surface area contributed by atoms with Gasteiger partial charge in [-0.3, -0.25) is 0 Å². The Kier molecular flexibility index (Phi) is 2.08. The van der Waals surface area contributed by atoms with Gasteiger partial charge in [0.05, 0.1) is 5.56 Å². The largest absolute Gasteiger partial charge is 0.245 e. The molecule has 0 amide bonds. The van der Waals surface area contributed by atoms with Gasteiger partial charge in [0.15, 0.2) is 0 Å². The van der Waals surface area contributed by atoms with Crippen LogP contribution in [0.25, 0.3) is 0 Å². The van der Waals surface area contributed by atoms with Crippen LogP contribution in [0.2, 0.25) is 0 Å². The first-order valence-corrected chi connectivity index (χ1v) is 3.63. The lowest BCUT2D eigenvalue weighted by molar-refractivity contribution is 1.16. The Balaban J connectivity index is 3.23. The monoisotopic (exact) mass is 195 g/mol. The third kappa shape index (κ3) is 1.37. The molecule has 0 saturated heterocycles. The van der Waals surface area contributed by atoms with Gasteiger partial charge in [0.25, 0.3) is 0 Å². The van der Waals surface area contributed by atoms with Crippen molar-refractivity contribution in [2.45, 2.75) is 6.92 Å². The van der Waals surface area contributed by atoms with E-state index in [0.717, 1.165) is 15.9 Å². The summed E-state index contributed by atoms with van der Waals surface area (Å²) >= 11 is 3.25. The summed E-state index contributed by atoms with van der Waals surface area (Å²) in [6.07, 6.45) is 5.18. The average molecular weight is 196 g/mol. The minimum Gasteiger partial charge on any atom is -0.245 e. The second-order valence-corrected chi connectivity index (χ2v) is 2.69. The van der Waals surface area contributed by atoms with E-state index < -0.39 is 0 Å². The molecule has 0 aliphatic heterocycles. The average Bonchev–Trinajstić information content (AvgIpc) is 1.88. The molecule has 1 rings (SSSR count). The van der Waals surface area contributed by atoms with Crippen molar-refractivity contribution in [3.05, 3.63) is 28.0 Å². The third-order valence-electron chi connectivity index (χ3n) is 1.14. The molecule has 0 N–H and O–H groups in total. The van der Waals surface area contributed by atoms with E-state index in [4.69, 9.17) is 6.42 Å². The number of terminal acetylenes is 1. The summed E-state index contributed by atoms with van der Waals surface area (Å²) in [5, 5.41) is 0. The molecule has 10 heavy (non-hydrogen) atoms. The SMILES string of the molecule is C#Cc1ccc(C)nc1Br. The van der Waals surface area contributed by atoms with Crippen LogP contribution in [0.1, 0.15) is 11.3 Å². The lowest BCUT2D eigenvalue weighted by atomic mass is 10.3. The van der Waals surface area contributed by atoms with Crippen LogP contribution in [0.4, 0.5) is 0 Å². The second-order valence-electron chi connectivity index (χ2n) is 1.94. The van der Waals surface area contributed by atoms with Gasteiger partial charge in [-0.2, -0.15) is 0 Å². The van der Waals surface area contributed by atoms with Gasteiger partial charge in [0, 0.05) is 5.69 Å². The number of aryl methyl sites for hydroxylation is 1. The van der Waals surface area contributed by atoms with Crippen molar-refractivity contribution in [3.63, 3.8) is 0 Å². The lowest BCUT2D eigenvalue weighted by Gasteiger charge is -1.95. The predicted molar refractivity (Wildman–Crippen MR) is 44.6 cm³/mol. The summed E-state index contributed by atoms with van der Waals surface area (Å²) in [5.41, 5.74) is 1.76. The number of pyridine rings is 1. The maximum absolute atomic E-state index is 5.18. The van der Waals surface area contributed by atoms with Crippen LogP contribution >= 0.6 is 15.9 Å². The molecule has 0 saturated carbocycles. The molecule has 1 nitrogen and oxygen atoms in total. The summed E-state index contributed by atoms with van der Waals surface area (Å²) < 4.78 is 0.745. The summed E-state index contributed by atoms with van der Waals surface area (Å²) in [6, 6.07) is 3.76. The fourth-order valence-electron chi connectivity index (χ4n) is 0.633. The van der Waals surface area contributed by atoms with Gasteiger partial charge < -0.3 is 0 Å². The van der Waals surface area contributed by atoms with Crippen molar-refractivity contribution < 1.29 is 0 Å². The minimum absolute atomic E-state index is 0.745. The zero-order valence-corrected chi connectivity index (χ0v) is 7.14. The summed E-state index contributed by atoms with van der Waals surface area (Å²) in [4.78, 5) is 4.12. The van der Waals surface area contributed by atoms with E-state index in [1.54, 1.807) is 0 Å². The maximum Gasteiger partial charge on any atom is 0.121 e. The molecule has 1 heterocycles. The smallest absolute Gasteiger partial charge is 0.121 e. The van der Waals surface area contributed by atoms with E-state index in [2.05, 4.69) is 26.8 Å². The normalized spacial score (nSPS) is 8.90. The van der Waals surface area contributed by atoms with Crippen LogP contribution in [0, 0.1) is 19.3 Å². The Morgan fingerprint density at radius 1 is 1.60 bits per heavy atom. The lowest BCUT2D eigenvalue weighted by Crippen LogP contribution is -1.84. The van der Waals surface area contributed by atoms with E-state index in [0.29, 0.717) is 0 Å². The molecule has 0 spiro atoms. The number of nitrogens with zero attached hydrogens (tertiary/aromatic N) is 1. The Hall–Kier alpha value is -0.810. The molecular formula is C8H6BrN. The molecule has 1 aromatic rings. The number of hydrogen-bond donors (Lipinski definition) is 0. The summed E-state index contributed by atoms with van der Waals surface area (Å²) in [5.74, 6) is 2.51. The molecule has 0 aromatic carbocycles. The highest BCUT2D eigenvalue weighted by molar-refractivity contribution is 9.10. The fraction of sp³-hybridized carbons (Fsp3) is 0.125. The van der Waals surface area contributed by atoms with Crippen LogP contribution in [0.15, 0.2) is 16.7 Å². The molecule has 1 aromatic heterocycles. The topological polar surface area (TPSA) is 12.9 Å². The predicted octanol–water partition coefficient (Wildman–Crippen LogP) is 2.13.